The Hall–Kier alpha value is -1.22. The average Bonchev–Trinajstić information content (AvgIpc) is 2.68. The first-order chi connectivity index (χ1) is 8.08. The lowest BCUT2D eigenvalue weighted by Gasteiger charge is -2.35. The minimum atomic E-state index is 0.219. The third-order valence-corrected chi connectivity index (χ3v) is 3.70. The summed E-state index contributed by atoms with van der Waals surface area (Å²) in [6.07, 6.45) is 2.47. The van der Waals surface area contributed by atoms with Gasteiger partial charge in [0.25, 0.3) is 0 Å². The molecule has 0 atom stereocenters. The highest BCUT2D eigenvalue weighted by Crippen LogP contribution is 2.37. The molecule has 3 nitrogen and oxygen atoms in total. The lowest BCUT2D eigenvalue weighted by atomic mass is 10.0. The fraction of sp³-hybridized carbons (Fsp3) is 0.571. The second kappa shape index (κ2) is 4.57. The van der Waals surface area contributed by atoms with Gasteiger partial charge in [0.05, 0.1) is 7.11 Å². The van der Waals surface area contributed by atoms with E-state index < -0.39 is 0 Å². The van der Waals surface area contributed by atoms with Gasteiger partial charge in [0.1, 0.15) is 5.75 Å². The first-order valence-corrected chi connectivity index (χ1v) is 6.23. The maximum Gasteiger partial charge on any atom is 0.120 e. The van der Waals surface area contributed by atoms with E-state index in [1.807, 2.05) is 6.07 Å². The topological polar surface area (TPSA) is 38.5 Å². The van der Waals surface area contributed by atoms with E-state index in [2.05, 4.69) is 30.9 Å². The third-order valence-electron chi connectivity index (χ3n) is 3.70. The number of methoxy groups -OCH3 is 1. The van der Waals surface area contributed by atoms with Gasteiger partial charge in [0, 0.05) is 30.4 Å². The summed E-state index contributed by atoms with van der Waals surface area (Å²) < 4.78 is 5.31. The third kappa shape index (κ3) is 2.25. The molecule has 2 rings (SSSR count). The van der Waals surface area contributed by atoms with Crippen molar-refractivity contribution >= 4 is 5.69 Å². The van der Waals surface area contributed by atoms with Gasteiger partial charge in [0.15, 0.2) is 0 Å². The molecule has 0 amide bonds. The number of rotatable bonds is 3. The highest BCUT2D eigenvalue weighted by Gasteiger charge is 2.33. The number of ether oxygens (including phenoxy) is 1. The minimum absolute atomic E-state index is 0.219. The summed E-state index contributed by atoms with van der Waals surface area (Å²) in [5, 5.41) is 0. The average molecular weight is 234 g/mol. The summed E-state index contributed by atoms with van der Waals surface area (Å²) in [4.78, 5) is 2.46. The van der Waals surface area contributed by atoms with Crippen molar-refractivity contribution in [2.24, 2.45) is 5.73 Å². The van der Waals surface area contributed by atoms with Crippen molar-refractivity contribution in [1.82, 2.24) is 0 Å². The van der Waals surface area contributed by atoms with E-state index in [1.165, 1.54) is 24.1 Å². The van der Waals surface area contributed by atoms with Crippen LogP contribution in [0.2, 0.25) is 0 Å². The summed E-state index contributed by atoms with van der Waals surface area (Å²) in [6, 6.07) is 6.16. The molecule has 1 saturated heterocycles. The predicted octanol–water partition coefficient (Wildman–Crippen LogP) is 2.53. The molecule has 0 aliphatic carbocycles. The summed E-state index contributed by atoms with van der Waals surface area (Å²) >= 11 is 0. The quantitative estimate of drug-likeness (QED) is 0.873. The number of nitrogens with zero attached hydrogens (tertiary/aromatic N) is 1. The Morgan fingerprint density at radius 1 is 1.41 bits per heavy atom. The molecule has 1 fully saturated rings. The van der Waals surface area contributed by atoms with Crippen LogP contribution in [0.25, 0.3) is 0 Å². The van der Waals surface area contributed by atoms with E-state index in [0.29, 0.717) is 6.54 Å². The zero-order valence-corrected chi connectivity index (χ0v) is 11.0. The van der Waals surface area contributed by atoms with E-state index in [0.717, 1.165) is 12.3 Å². The Kier molecular flexibility index (Phi) is 3.29. The number of hydrogen-bond donors (Lipinski definition) is 1. The largest absolute Gasteiger partial charge is 0.497 e. The van der Waals surface area contributed by atoms with E-state index in [-0.39, 0.29) is 5.54 Å². The number of benzene rings is 1. The molecule has 1 heterocycles. The van der Waals surface area contributed by atoms with Crippen LogP contribution in [0.1, 0.15) is 32.3 Å². The van der Waals surface area contributed by atoms with Crippen molar-refractivity contribution in [3.63, 3.8) is 0 Å². The van der Waals surface area contributed by atoms with Crippen LogP contribution in [0.15, 0.2) is 18.2 Å². The van der Waals surface area contributed by atoms with Crippen LogP contribution in [0.5, 0.6) is 5.75 Å². The van der Waals surface area contributed by atoms with E-state index in [4.69, 9.17) is 10.5 Å². The normalized spacial score (nSPS) is 18.5. The molecular weight excluding hydrogens is 212 g/mol. The molecule has 17 heavy (non-hydrogen) atoms. The van der Waals surface area contributed by atoms with Crippen molar-refractivity contribution in [2.45, 2.75) is 38.8 Å². The van der Waals surface area contributed by atoms with Crippen molar-refractivity contribution in [2.75, 3.05) is 18.6 Å². The number of nitrogens with two attached hydrogens (primary N) is 1. The molecule has 1 aromatic carbocycles. The molecule has 0 saturated carbocycles. The smallest absolute Gasteiger partial charge is 0.120 e. The first-order valence-electron chi connectivity index (χ1n) is 6.23. The molecular formula is C14H22N2O. The molecule has 0 spiro atoms. The summed E-state index contributed by atoms with van der Waals surface area (Å²) in [5.41, 5.74) is 8.48. The Labute approximate surface area is 104 Å². The monoisotopic (exact) mass is 234 g/mol. The van der Waals surface area contributed by atoms with Crippen molar-refractivity contribution in [1.29, 1.82) is 0 Å². The maximum atomic E-state index is 5.83. The van der Waals surface area contributed by atoms with Crippen LogP contribution in [-0.4, -0.2) is 19.2 Å². The van der Waals surface area contributed by atoms with Gasteiger partial charge >= 0.3 is 0 Å². The summed E-state index contributed by atoms with van der Waals surface area (Å²) in [6.45, 7) is 6.26. The van der Waals surface area contributed by atoms with Gasteiger partial charge < -0.3 is 15.4 Å². The zero-order chi connectivity index (χ0) is 12.5. The molecule has 0 aromatic heterocycles. The zero-order valence-electron chi connectivity index (χ0n) is 11.0. The second-order valence-corrected chi connectivity index (χ2v) is 5.27. The van der Waals surface area contributed by atoms with Gasteiger partial charge in [-0.3, -0.25) is 0 Å². The molecule has 3 heteroatoms. The van der Waals surface area contributed by atoms with Gasteiger partial charge in [-0.1, -0.05) is 6.07 Å². The second-order valence-electron chi connectivity index (χ2n) is 5.27. The Morgan fingerprint density at radius 2 is 2.18 bits per heavy atom. The fourth-order valence-corrected chi connectivity index (χ4v) is 2.65. The van der Waals surface area contributed by atoms with Crippen LogP contribution in [0.4, 0.5) is 5.69 Å². The fourth-order valence-electron chi connectivity index (χ4n) is 2.65. The standard InChI is InChI=1S/C14H22N2O/c1-14(2)7-4-8-16(14)13-9-12(17-3)6-5-11(13)10-15/h5-6,9H,4,7-8,10,15H2,1-3H3. The number of anilines is 1. The van der Waals surface area contributed by atoms with Crippen LogP contribution in [-0.2, 0) is 6.54 Å². The molecule has 1 aromatic rings. The molecule has 1 aliphatic heterocycles. The molecule has 94 valence electrons. The Morgan fingerprint density at radius 3 is 2.71 bits per heavy atom. The highest BCUT2D eigenvalue weighted by atomic mass is 16.5. The summed E-state index contributed by atoms with van der Waals surface area (Å²) in [5.74, 6) is 0.903. The molecule has 1 aliphatic rings. The van der Waals surface area contributed by atoms with Gasteiger partial charge in [-0.15, -0.1) is 0 Å². The van der Waals surface area contributed by atoms with Gasteiger partial charge in [0.2, 0.25) is 0 Å². The van der Waals surface area contributed by atoms with Gasteiger partial charge in [-0.05, 0) is 38.3 Å². The molecule has 0 bridgehead atoms. The molecule has 0 unspecified atom stereocenters. The van der Waals surface area contributed by atoms with Gasteiger partial charge in [-0.2, -0.15) is 0 Å². The van der Waals surface area contributed by atoms with E-state index >= 15 is 0 Å². The Bertz CT molecular complexity index is 401. The van der Waals surface area contributed by atoms with Crippen LogP contribution in [0, 0.1) is 0 Å². The maximum absolute atomic E-state index is 5.83. The van der Waals surface area contributed by atoms with Gasteiger partial charge in [-0.25, -0.2) is 0 Å². The lowest BCUT2D eigenvalue weighted by molar-refractivity contribution is 0.414. The van der Waals surface area contributed by atoms with E-state index in [9.17, 15) is 0 Å². The number of hydrogen-bond acceptors (Lipinski definition) is 3. The van der Waals surface area contributed by atoms with E-state index in [1.54, 1.807) is 7.11 Å². The predicted molar refractivity (Wildman–Crippen MR) is 71.5 cm³/mol. The Balaban J connectivity index is 2.42. The van der Waals surface area contributed by atoms with Crippen LogP contribution >= 0.6 is 0 Å². The van der Waals surface area contributed by atoms with Crippen molar-refractivity contribution in [3.05, 3.63) is 23.8 Å². The van der Waals surface area contributed by atoms with Crippen LogP contribution < -0.4 is 15.4 Å². The minimum Gasteiger partial charge on any atom is -0.497 e. The van der Waals surface area contributed by atoms with Crippen LogP contribution in [0.3, 0.4) is 0 Å². The van der Waals surface area contributed by atoms with Crippen molar-refractivity contribution < 1.29 is 4.74 Å². The first kappa shape index (κ1) is 12.2. The summed E-state index contributed by atoms with van der Waals surface area (Å²) in [7, 11) is 1.70. The lowest BCUT2D eigenvalue weighted by Crippen LogP contribution is -2.38. The molecule has 0 radical (unpaired) electrons. The molecule has 2 N–H and O–H groups in total. The van der Waals surface area contributed by atoms with Crippen molar-refractivity contribution in [3.8, 4) is 5.75 Å². The SMILES string of the molecule is COc1ccc(CN)c(N2CCCC2(C)C)c1. The highest BCUT2D eigenvalue weighted by molar-refractivity contribution is 5.59.